The fourth-order valence-corrected chi connectivity index (χ4v) is 2.53. The van der Waals surface area contributed by atoms with Crippen LogP contribution < -0.4 is 11.1 Å². The number of aliphatic carboxylic acids is 2. The summed E-state index contributed by atoms with van der Waals surface area (Å²) in [6.07, 6.45) is 0. The van der Waals surface area contributed by atoms with Crippen LogP contribution in [0.2, 0.25) is 0 Å². The number of nitrogens with zero attached hydrogens (tertiary/aromatic N) is 3. The minimum atomic E-state index is -0.918. The highest BCUT2D eigenvalue weighted by Gasteiger charge is 2.20. The summed E-state index contributed by atoms with van der Waals surface area (Å²) in [4.78, 5) is 39.2. The first-order valence-corrected chi connectivity index (χ1v) is 8.07. The average molecular weight is 346 g/mol. The number of carboxylic acid groups (broad SMARTS) is 2. The number of nitrogens with one attached hydrogen (secondary N) is 1. The topological polar surface area (TPSA) is 141 Å². The fourth-order valence-electron chi connectivity index (χ4n) is 2.53. The van der Waals surface area contributed by atoms with Gasteiger partial charge >= 0.3 is 11.9 Å². The van der Waals surface area contributed by atoms with Crippen molar-refractivity contribution < 1.29 is 30.3 Å². The summed E-state index contributed by atoms with van der Waals surface area (Å²) >= 11 is 0. The van der Waals surface area contributed by atoms with Gasteiger partial charge in [-0.2, -0.15) is 0 Å². The maximum atomic E-state index is 11.9. The van der Waals surface area contributed by atoms with E-state index in [0.29, 0.717) is 52.4 Å². The number of carbonyl (C=O) groups is 3. The average Bonchev–Trinajstić information content (AvgIpc) is 2.58. The van der Waals surface area contributed by atoms with E-state index >= 15 is 0 Å². The molecule has 1 amide bonds. The van der Waals surface area contributed by atoms with Crippen molar-refractivity contribution in [2.24, 2.45) is 0 Å². The van der Waals surface area contributed by atoms with Crippen molar-refractivity contribution in [2.45, 2.75) is 0 Å². The van der Waals surface area contributed by atoms with Gasteiger partial charge in [-0.05, 0) is 0 Å². The summed E-state index contributed by atoms with van der Waals surface area (Å²) < 4.78 is 0. The van der Waals surface area contributed by atoms with Gasteiger partial charge in [0.05, 0.1) is 32.7 Å². The van der Waals surface area contributed by atoms with Gasteiger partial charge in [0, 0.05) is 39.3 Å². The molecule has 0 bridgehead atoms. The predicted octanol–water partition coefficient (Wildman–Crippen LogP) is -3.57. The van der Waals surface area contributed by atoms with Crippen LogP contribution >= 0.6 is 0 Å². The van der Waals surface area contributed by atoms with E-state index in [9.17, 15) is 14.4 Å². The van der Waals surface area contributed by atoms with Gasteiger partial charge in [0.1, 0.15) is 0 Å². The molecule has 1 fully saturated rings. The smallest absolute Gasteiger partial charge is 0.317 e. The van der Waals surface area contributed by atoms with Gasteiger partial charge in [-0.25, -0.2) is 0 Å². The molecule has 0 atom stereocenters. The zero-order chi connectivity index (χ0) is 17.9. The van der Waals surface area contributed by atoms with Crippen molar-refractivity contribution in [1.29, 1.82) is 0 Å². The third-order valence-corrected chi connectivity index (χ3v) is 3.78. The normalized spacial score (nSPS) is 18.4. The zero-order valence-corrected chi connectivity index (χ0v) is 13.9. The summed E-state index contributed by atoms with van der Waals surface area (Å²) in [5, 5.41) is 20.7. The van der Waals surface area contributed by atoms with E-state index in [-0.39, 0.29) is 25.5 Å². The summed E-state index contributed by atoms with van der Waals surface area (Å²) in [6.45, 7) is 4.30. The van der Waals surface area contributed by atoms with Crippen LogP contribution in [0.25, 0.3) is 0 Å². The lowest BCUT2D eigenvalue weighted by atomic mass is 10.4. The lowest BCUT2D eigenvalue weighted by molar-refractivity contribution is -0.364. The lowest BCUT2D eigenvalue weighted by Crippen LogP contribution is -2.55. The van der Waals surface area contributed by atoms with E-state index in [0.717, 1.165) is 0 Å². The molecule has 138 valence electrons. The number of rotatable bonds is 8. The van der Waals surface area contributed by atoms with Crippen LogP contribution in [0.5, 0.6) is 0 Å². The molecule has 10 nitrogen and oxygen atoms in total. The second kappa shape index (κ2) is 10.9. The molecule has 10 heteroatoms. The molecule has 0 saturated carbocycles. The zero-order valence-electron chi connectivity index (χ0n) is 13.9. The fraction of sp³-hybridized carbons (Fsp3) is 0.786. The number of hydrogen-bond acceptors (Lipinski definition) is 6. The highest BCUT2D eigenvalue weighted by atomic mass is 16.4. The van der Waals surface area contributed by atoms with Crippen molar-refractivity contribution >= 4 is 17.8 Å². The van der Waals surface area contributed by atoms with E-state index < -0.39 is 11.9 Å². The summed E-state index contributed by atoms with van der Waals surface area (Å²) in [6, 6.07) is 0. The van der Waals surface area contributed by atoms with Crippen molar-refractivity contribution in [3.63, 3.8) is 0 Å². The van der Waals surface area contributed by atoms with Crippen molar-refractivity contribution in [1.82, 2.24) is 20.0 Å². The molecule has 1 saturated heterocycles. The van der Waals surface area contributed by atoms with E-state index in [1.54, 1.807) is 9.80 Å². The van der Waals surface area contributed by atoms with Crippen LogP contribution in [0.15, 0.2) is 0 Å². The molecule has 6 N–H and O–H groups in total. The van der Waals surface area contributed by atoms with Crippen molar-refractivity contribution in [3.8, 4) is 0 Å². The molecule has 1 aliphatic rings. The Labute approximate surface area is 141 Å². The second-order valence-electron chi connectivity index (χ2n) is 5.82. The molecule has 0 radical (unpaired) electrons. The van der Waals surface area contributed by atoms with Gasteiger partial charge in [0.2, 0.25) is 5.91 Å². The molecule has 0 aliphatic carbocycles. The minimum Gasteiger partial charge on any atom is -0.480 e. The molecule has 1 aliphatic heterocycles. The Balaban J connectivity index is 2.66. The van der Waals surface area contributed by atoms with Gasteiger partial charge in [-0.15, -0.1) is 0 Å². The van der Waals surface area contributed by atoms with Crippen LogP contribution in [0.1, 0.15) is 0 Å². The molecule has 0 spiro atoms. The van der Waals surface area contributed by atoms with Crippen LogP contribution in [0.3, 0.4) is 0 Å². The standard InChI is InChI=1S/C14H27N5O5/c15-1-2-16-12(20)9-17-3-5-18(10-13(21)22)7-8-19(6-4-17)11-14(23)24/h1-11,15H2,(H,16,20)(H,21,22)(H,23,24)/p+1. The van der Waals surface area contributed by atoms with Crippen molar-refractivity contribution in [3.05, 3.63) is 0 Å². The van der Waals surface area contributed by atoms with E-state index in [2.05, 4.69) is 11.1 Å². The van der Waals surface area contributed by atoms with Crippen LogP contribution in [0, 0.1) is 0 Å². The number of carboxylic acids is 2. The Hall–Kier alpha value is -1.75. The first-order valence-electron chi connectivity index (χ1n) is 8.07. The Bertz CT molecular complexity index is 406. The lowest BCUT2D eigenvalue weighted by Gasteiger charge is -2.24. The molecule has 1 heterocycles. The van der Waals surface area contributed by atoms with Gasteiger partial charge in [-0.1, -0.05) is 0 Å². The van der Waals surface area contributed by atoms with Gasteiger partial charge in [-0.3, -0.25) is 29.1 Å². The minimum absolute atomic E-state index is 0.0948. The maximum absolute atomic E-state index is 11.9. The first kappa shape index (κ1) is 20.3. The van der Waals surface area contributed by atoms with E-state index in [1.165, 1.54) is 0 Å². The molecule has 24 heavy (non-hydrogen) atoms. The molecule has 0 aromatic carbocycles. The molecule has 0 aromatic rings. The number of amides is 1. The van der Waals surface area contributed by atoms with E-state index in [1.807, 2.05) is 4.90 Å². The molecule has 0 unspecified atom stereocenters. The Morgan fingerprint density at radius 1 is 0.792 bits per heavy atom. The molecule has 1 rings (SSSR count). The molecule has 0 aromatic heterocycles. The Morgan fingerprint density at radius 3 is 1.50 bits per heavy atom. The van der Waals surface area contributed by atoms with Crippen LogP contribution in [-0.4, -0.2) is 115 Å². The molecular weight excluding hydrogens is 318 g/mol. The number of carbonyl (C=O) groups excluding carboxylic acids is 1. The summed E-state index contributed by atoms with van der Waals surface area (Å²) in [7, 11) is 0. The largest absolute Gasteiger partial charge is 0.480 e. The second-order valence-corrected chi connectivity index (χ2v) is 5.82. The van der Waals surface area contributed by atoms with Gasteiger partial charge in [0.25, 0.3) is 0 Å². The predicted molar refractivity (Wildman–Crippen MR) is 85.4 cm³/mol. The van der Waals surface area contributed by atoms with Crippen LogP contribution in [0.4, 0.5) is 0 Å². The Morgan fingerprint density at radius 2 is 1.17 bits per heavy atom. The summed E-state index contributed by atoms with van der Waals surface area (Å²) in [5.74, 6) is -1.94. The highest BCUT2D eigenvalue weighted by Crippen LogP contribution is 2.01. The maximum Gasteiger partial charge on any atom is 0.317 e. The number of quaternary nitrogens is 1. The SMILES string of the molecule is [NH3+]CCNC(=O)CN1CCN(CC(=O)O)CCN(CC(=O)O)CC1. The highest BCUT2D eigenvalue weighted by molar-refractivity contribution is 5.78. The summed E-state index contributed by atoms with van der Waals surface area (Å²) in [5.41, 5.74) is 3.67. The number of hydrogen-bond donors (Lipinski definition) is 4. The monoisotopic (exact) mass is 346 g/mol. The molecular formula is C14H28N5O5+. The van der Waals surface area contributed by atoms with E-state index in [4.69, 9.17) is 10.2 Å². The van der Waals surface area contributed by atoms with Gasteiger partial charge < -0.3 is 21.3 Å². The van der Waals surface area contributed by atoms with Crippen molar-refractivity contribution in [2.75, 3.05) is 72.0 Å². The third kappa shape index (κ3) is 8.77. The Kier molecular flexibility index (Phi) is 9.23. The van der Waals surface area contributed by atoms with Crippen LogP contribution in [-0.2, 0) is 14.4 Å². The quantitative estimate of drug-likeness (QED) is 0.354. The third-order valence-electron chi connectivity index (χ3n) is 3.78. The van der Waals surface area contributed by atoms with Gasteiger partial charge in [0.15, 0.2) is 0 Å². The first-order chi connectivity index (χ1) is 11.4.